The predicted molar refractivity (Wildman–Crippen MR) is 53.6 cm³/mol. The van der Waals surface area contributed by atoms with Crippen LogP contribution in [0.25, 0.3) is 0 Å². The average molecular weight is 197 g/mol. The highest BCUT2D eigenvalue weighted by Crippen LogP contribution is 2.24. The molecule has 0 unspecified atom stereocenters. The first kappa shape index (κ1) is 10.7. The first-order valence-corrected chi connectivity index (χ1v) is 4.31. The number of hydrogen-bond donors (Lipinski definition) is 1. The van der Waals surface area contributed by atoms with Gasteiger partial charge in [-0.3, -0.25) is 0 Å². The molecule has 0 saturated carbocycles. The van der Waals surface area contributed by atoms with Gasteiger partial charge >= 0.3 is 0 Å². The number of nitrogens with zero attached hydrogens (tertiary/aromatic N) is 2. The molecule has 0 atom stereocenters. The summed E-state index contributed by atoms with van der Waals surface area (Å²) < 4.78 is 10.1. The van der Waals surface area contributed by atoms with Gasteiger partial charge in [0.2, 0.25) is 0 Å². The van der Waals surface area contributed by atoms with E-state index < -0.39 is 0 Å². The Morgan fingerprint density at radius 1 is 1.29 bits per heavy atom. The standard InChI is InChI=1S/C9H15N3O2/c1-6-8(14-4)9(10-2)12-7(11-6)5-13-3/h5H2,1-4H3,(H,10,11,12). The molecule has 0 aliphatic rings. The minimum Gasteiger partial charge on any atom is -0.491 e. The van der Waals surface area contributed by atoms with Crippen LogP contribution in [0.4, 0.5) is 5.82 Å². The largest absolute Gasteiger partial charge is 0.491 e. The molecule has 0 radical (unpaired) electrons. The Kier molecular flexibility index (Phi) is 3.64. The number of hydrogen-bond acceptors (Lipinski definition) is 5. The summed E-state index contributed by atoms with van der Waals surface area (Å²) in [6, 6.07) is 0. The number of rotatable bonds is 4. The topological polar surface area (TPSA) is 56.3 Å². The molecule has 0 fully saturated rings. The molecule has 1 rings (SSSR count). The van der Waals surface area contributed by atoms with Gasteiger partial charge in [0.05, 0.1) is 12.8 Å². The quantitative estimate of drug-likeness (QED) is 0.779. The van der Waals surface area contributed by atoms with Crippen molar-refractivity contribution in [1.29, 1.82) is 0 Å². The van der Waals surface area contributed by atoms with Gasteiger partial charge in [0.25, 0.3) is 0 Å². The van der Waals surface area contributed by atoms with Gasteiger partial charge in [0.15, 0.2) is 17.4 Å². The van der Waals surface area contributed by atoms with Crippen molar-refractivity contribution in [2.75, 3.05) is 26.6 Å². The Balaban J connectivity index is 3.10. The van der Waals surface area contributed by atoms with Gasteiger partial charge in [-0.1, -0.05) is 0 Å². The third-order valence-electron chi connectivity index (χ3n) is 1.80. The lowest BCUT2D eigenvalue weighted by atomic mass is 10.3. The summed E-state index contributed by atoms with van der Waals surface area (Å²) in [7, 11) is 5.01. The van der Waals surface area contributed by atoms with Crippen LogP contribution in [0, 0.1) is 6.92 Å². The normalized spacial score (nSPS) is 10.0. The Morgan fingerprint density at radius 2 is 2.00 bits per heavy atom. The van der Waals surface area contributed by atoms with Gasteiger partial charge in [0, 0.05) is 14.2 Å². The fourth-order valence-corrected chi connectivity index (χ4v) is 1.23. The van der Waals surface area contributed by atoms with Crippen LogP contribution in [0.15, 0.2) is 0 Å². The molecule has 78 valence electrons. The van der Waals surface area contributed by atoms with Crippen LogP contribution in [-0.2, 0) is 11.3 Å². The molecule has 1 heterocycles. The summed E-state index contributed by atoms with van der Waals surface area (Å²) in [6.45, 7) is 2.28. The Labute approximate surface area is 83.5 Å². The third kappa shape index (κ3) is 2.11. The van der Waals surface area contributed by atoms with Crippen molar-refractivity contribution in [3.05, 3.63) is 11.5 Å². The molecule has 1 N–H and O–H groups in total. The molecule has 0 spiro atoms. The maximum Gasteiger partial charge on any atom is 0.182 e. The fourth-order valence-electron chi connectivity index (χ4n) is 1.23. The van der Waals surface area contributed by atoms with Gasteiger partial charge in [-0.2, -0.15) is 0 Å². The van der Waals surface area contributed by atoms with E-state index in [9.17, 15) is 0 Å². The van der Waals surface area contributed by atoms with Crippen LogP contribution in [0.3, 0.4) is 0 Å². The summed E-state index contributed by atoms with van der Waals surface area (Å²) in [6.07, 6.45) is 0. The Hall–Kier alpha value is -1.36. The molecule has 14 heavy (non-hydrogen) atoms. The molecular formula is C9H15N3O2. The van der Waals surface area contributed by atoms with Crippen molar-refractivity contribution >= 4 is 5.82 Å². The van der Waals surface area contributed by atoms with Gasteiger partial charge < -0.3 is 14.8 Å². The van der Waals surface area contributed by atoms with Crippen LogP contribution in [0.1, 0.15) is 11.5 Å². The van der Waals surface area contributed by atoms with E-state index in [-0.39, 0.29) is 0 Å². The first-order chi connectivity index (χ1) is 6.72. The van der Waals surface area contributed by atoms with Crippen molar-refractivity contribution in [2.24, 2.45) is 0 Å². The zero-order valence-electron chi connectivity index (χ0n) is 8.92. The Morgan fingerprint density at radius 3 is 2.50 bits per heavy atom. The van der Waals surface area contributed by atoms with Crippen LogP contribution >= 0.6 is 0 Å². The summed E-state index contributed by atoms with van der Waals surface area (Å²) >= 11 is 0. The summed E-state index contributed by atoms with van der Waals surface area (Å²) in [5.41, 5.74) is 0.805. The maximum absolute atomic E-state index is 5.17. The molecule has 5 nitrogen and oxygen atoms in total. The zero-order chi connectivity index (χ0) is 10.6. The van der Waals surface area contributed by atoms with Gasteiger partial charge in [-0.25, -0.2) is 9.97 Å². The van der Waals surface area contributed by atoms with Gasteiger partial charge in [-0.05, 0) is 6.92 Å². The second-order valence-corrected chi connectivity index (χ2v) is 2.79. The molecule has 0 bridgehead atoms. The molecule has 0 aliphatic heterocycles. The van der Waals surface area contributed by atoms with E-state index in [1.807, 2.05) is 6.92 Å². The van der Waals surface area contributed by atoms with Crippen LogP contribution in [-0.4, -0.2) is 31.2 Å². The van der Waals surface area contributed by atoms with E-state index in [1.165, 1.54) is 0 Å². The van der Waals surface area contributed by atoms with Crippen LogP contribution in [0.5, 0.6) is 5.75 Å². The van der Waals surface area contributed by atoms with E-state index in [2.05, 4.69) is 15.3 Å². The number of aromatic nitrogens is 2. The highest BCUT2D eigenvalue weighted by atomic mass is 16.5. The zero-order valence-corrected chi connectivity index (χ0v) is 8.92. The minimum atomic E-state index is 0.402. The third-order valence-corrected chi connectivity index (χ3v) is 1.80. The van der Waals surface area contributed by atoms with Crippen LogP contribution < -0.4 is 10.1 Å². The lowest BCUT2D eigenvalue weighted by Gasteiger charge is -2.10. The van der Waals surface area contributed by atoms with Crippen molar-refractivity contribution in [3.8, 4) is 5.75 Å². The van der Waals surface area contributed by atoms with E-state index >= 15 is 0 Å². The molecule has 0 aliphatic carbocycles. The summed E-state index contributed by atoms with van der Waals surface area (Å²) in [4.78, 5) is 8.48. The molecule has 1 aromatic heterocycles. The lowest BCUT2D eigenvalue weighted by Crippen LogP contribution is -2.06. The van der Waals surface area contributed by atoms with Gasteiger partial charge in [-0.15, -0.1) is 0 Å². The average Bonchev–Trinajstić information content (AvgIpc) is 2.17. The monoisotopic (exact) mass is 197 g/mol. The molecule has 1 aromatic rings. The minimum absolute atomic E-state index is 0.402. The molecular weight excluding hydrogens is 182 g/mol. The molecule has 0 saturated heterocycles. The molecule has 0 amide bonds. The molecule has 0 aromatic carbocycles. The highest BCUT2D eigenvalue weighted by molar-refractivity contribution is 5.51. The van der Waals surface area contributed by atoms with Crippen molar-refractivity contribution in [1.82, 2.24) is 9.97 Å². The van der Waals surface area contributed by atoms with Crippen molar-refractivity contribution in [2.45, 2.75) is 13.5 Å². The van der Waals surface area contributed by atoms with Crippen LogP contribution in [0.2, 0.25) is 0 Å². The highest BCUT2D eigenvalue weighted by Gasteiger charge is 2.10. The number of aryl methyl sites for hydroxylation is 1. The van der Waals surface area contributed by atoms with E-state index in [4.69, 9.17) is 9.47 Å². The number of ether oxygens (including phenoxy) is 2. The van der Waals surface area contributed by atoms with Crippen molar-refractivity contribution < 1.29 is 9.47 Å². The second kappa shape index (κ2) is 4.76. The SMILES string of the molecule is CNc1nc(COC)nc(C)c1OC. The maximum atomic E-state index is 5.17. The van der Waals surface area contributed by atoms with Gasteiger partial charge in [0.1, 0.15) is 6.61 Å². The van der Waals surface area contributed by atoms with E-state index in [0.717, 1.165) is 5.69 Å². The van der Waals surface area contributed by atoms with Crippen molar-refractivity contribution in [3.63, 3.8) is 0 Å². The van der Waals surface area contributed by atoms with E-state index in [1.54, 1.807) is 21.3 Å². The van der Waals surface area contributed by atoms with E-state index in [0.29, 0.717) is 24.0 Å². The second-order valence-electron chi connectivity index (χ2n) is 2.79. The first-order valence-electron chi connectivity index (χ1n) is 4.31. The summed E-state index contributed by atoms with van der Waals surface area (Å²) in [5.74, 6) is 2.01. The summed E-state index contributed by atoms with van der Waals surface area (Å²) in [5, 5.41) is 2.95. The number of anilines is 1. The smallest absolute Gasteiger partial charge is 0.182 e. The lowest BCUT2D eigenvalue weighted by molar-refractivity contribution is 0.177. The Bertz CT molecular complexity index is 315. The predicted octanol–water partition coefficient (Wildman–Crippen LogP) is 0.982. The number of nitrogens with one attached hydrogen (secondary N) is 1. The number of methoxy groups -OCH3 is 2. The fraction of sp³-hybridized carbons (Fsp3) is 0.556. The molecule has 5 heteroatoms.